The van der Waals surface area contributed by atoms with E-state index in [1.165, 1.54) is 0 Å². The van der Waals surface area contributed by atoms with Crippen LogP contribution in [-0.2, 0) is 4.74 Å². The third kappa shape index (κ3) is 7.10. The maximum Gasteiger partial charge on any atom is 0.251 e. The van der Waals surface area contributed by atoms with E-state index in [4.69, 9.17) is 10.5 Å². The highest BCUT2D eigenvalue weighted by molar-refractivity contribution is 9.10. The molecule has 1 aromatic carbocycles. The number of benzene rings is 1. The summed E-state index contributed by atoms with van der Waals surface area (Å²) in [7, 11) is 1.63. The normalized spacial score (nSPS) is 12.8. The van der Waals surface area contributed by atoms with Crippen LogP contribution in [0.25, 0.3) is 0 Å². The van der Waals surface area contributed by atoms with E-state index in [9.17, 15) is 4.79 Å². The van der Waals surface area contributed by atoms with Crippen molar-refractivity contribution in [3.63, 3.8) is 0 Å². The van der Waals surface area contributed by atoms with Crippen LogP contribution in [0.4, 0.5) is 0 Å². The first-order chi connectivity index (χ1) is 10.0. The summed E-state index contributed by atoms with van der Waals surface area (Å²) in [5, 5.41) is 5.77. The number of carbonyl (C=O) groups excluding carboxylic acids is 1. The number of carbonyl (C=O) groups is 1. The van der Waals surface area contributed by atoms with Gasteiger partial charge in [-0.1, -0.05) is 15.9 Å². The monoisotopic (exact) mass is 356 g/mol. The van der Waals surface area contributed by atoms with Gasteiger partial charge in [0.1, 0.15) is 0 Å². The smallest absolute Gasteiger partial charge is 0.251 e. The van der Waals surface area contributed by atoms with Gasteiger partial charge in [-0.15, -0.1) is 0 Å². The zero-order valence-corrected chi connectivity index (χ0v) is 13.8. The maximum atomic E-state index is 11.8. The average Bonchev–Trinajstić information content (AvgIpc) is 2.44. The average molecular weight is 357 g/mol. The van der Waals surface area contributed by atoms with E-state index in [0.717, 1.165) is 4.47 Å². The number of amides is 1. The van der Waals surface area contributed by atoms with E-state index < -0.39 is 0 Å². The Hall–Kier alpha value is -1.60. The van der Waals surface area contributed by atoms with Gasteiger partial charge in [-0.05, 0) is 31.2 Å². The molecule has 0 aliphatic heterocycles. The predicted octanol–water partition coefficient (Wildman–Crippen LogP) is 1.12. The molecule has 0 spiro atoms. The number of nitrogens with two attached hydrogens (primary N) is 1. The Bertz CT molecular complexity index is 476. The number of hydrogen-bond acceptors (Lipinski definition) is 3. The molecule has 7 heteroatoms. The minimum absolute atomic E-state index is 0.0936. The lowest BCUT2D eigenvalue weighted by Crippen LogP contribution is -2.41. The molecule has 6 nitrogen and oxygen atoms in total. The molecule has 0 saturated heterocycles. The highest BCUT2D eigenvalue weighted by atomic mass is 79.9. The minimum atomic E-state index is -0.128. The first kappa shape index (κ1) is 17.5. The van der Waals surface area contributed by atoms with Crippen molar-refractivity contribution in [3.8, 4) is 0 Å². The van der Waals surface area contributed by atoms with Crippen LogP contribution in [0.15, 0.2) is 33.7 Å². The summed E-state index contributed by atoms with van der Waals surface area (Å²) < 4.78 is 5.92. The van der Waals surface area contributed by atoms with Gasteiger partial charge in [0.15, 0.2) is 5.96 Å². The Balaban J connectivity index is 2.29. The summed E-state index contributed by atoms with van der Waals surface area (Å²) in [5.41, 5.74) is 6.33. The van der Waals surface area contributed by atoms with Gasteiger partial charge in [-0.25, -0.2) is 0 Å². The van der Waals surface area contributed by atoms with Crippen LogP contribution in [0.1, 0.15) is 17.3 Å². The van der Waals surface area contributed by atoms with Crippen LogP contribution in [0, 0.1) is 0 Å². The Morgan fingerprint density at radius 1 is 1.43 bits per heavy atom. The van der Waals surface area contributed by atoms with Crippen LogP contribution in [0.3, 0.4) is 0 Å². The zero-order valence-electron chi connectivity index (χ0n) is 12.2. The molecule has 0 bridgehead atoms. The summed E-state index contributed by atoms with van der Waals surface area (Å²) in [6, 6.07) is 7.25. The lowest BCUT2D eigenvalue weighted by Gasteiger charge is -2.13. The molecule has 1 unspecified atom stereocenters. The van der Waals surface area contributed by atoms with Gasteiger partial charge in [-0.2, -0.15) is 0 Å². The molecule has 1 amide bonds. The fraction of sp³-hybridized carbons (Fsp3) is 0.429. The second kappa shape index (κ2) is 9.36. The summed E-state index contributed by atoms with van der Waals surface area (Å²) >= 11 is 3.33. The van der Waals surface area contributed by atoms with Crippen molar-refractivity contribution in [3.05, 3.63) is 34.3 Å². The van der Waals surface area contributed by atoms with E-state index >= 15 is 0 Å². The van der Waals surface area contributed by atoms with Crippen molar-refractivity contribution < 1.29 is 9.53 Å². The van der Waals surface area contributed by atoms with Crippen LogP contribution in [-0.4, -0.2) is 44.7 Å². The maximum absolute atomic E-state index is 11.8. The SMILES string of the molecule is COCC(C)NC(N)=NCCNC(=O)c1ccc(Br)cc1. The van der Waals surface area contributed by atoms with Gasteiger partial charge in [0.05, 0.1) is 13.2 Å². The largest absolute Gasteiger partial charge is 0.383 e. The number of aliphatic imine (C=N–C) groups is 1. The van der Waals surface area contributed by atoms with Crippen LogP contribution in [0.5, 0.6) is 0 Å². The Morgan fingerprint density at radius 2 is 2.10 bits per heavy atom. The molecule has 0 heterocycles. The van der Waals surface area contributed by atoms with Gasteiger partial charge in [-0.3, -0.25) is 9.79 Å². The molecular weight excluding hydrogens is 336 g/mol. The van der Waals surface area contributed by atoms with Gasteiger partial charge < -0.3 is 21.1 Å². The lowest BCUT2D eigenvalue weighted by molar-refractivity contribution is 0.0955. The third-order valence-electron chi connectivity index (χ3n) is 2.60. The van der Waals surface area contributed by atoms with Crippen molar-refractivity contribution in [1.29, 1.82) is 0 Å². The zero-order chi connectivity index (χ0) is 15.7. The molecule has 1 atom stereocenters. The quantitative estimate of drug-likeness (QED) is 0.388. The molecule has 1 rings (SSSR count). The van der Waals surface area contributed by atoms with E-state index in [-0.39, 0.29) is 11.9 Å². The molecular formula is C14H21BrN4O2. The fourth-order valence-electron chi connectivity index (χ4n) is 1.64. The van der Waals surface area contributed by atoms with E-state index in [1.54, 1.807) is 19.2 Å². The highest BCUT2D eigenvalue weighted by Gasteiger charge is 2.04. The topological polar surface area (TPSA) is 88.7 Å². The number of methoxy groups -OCH3 is 1. The van der Waals surface area contributed by atoms with Crippen LogP contribution >= 0.6 is 15.9 Å². The molecule has 0 aromatic heterocycles. The molecule has 4 N–H and O–H groups in total. The van der Waals surface area contributed by atoms with Gasteiger partial charge >= 0.3 is 0 Å². The molecule has 0 fully saturated rings. The number of hydrogen-bond donors (Lipinski definition) is 3. The number of ether oxygens (including phenoxy) is 1. The minimum Gasteiger partial charge on any atom is -0.383 e. The molecule has 0 aliphatic carbocycles. The molecule has 0 radical (unpaired) electrons. The number of rotatable bonds is 7. The number of halogens is 1. The first-order valence-electron chi connectivity index (χ1n) is 6.62. The molecule has 0 saturated carbocycles. The number of nitrogens with zero attached hydrogens (tertiary/aromatic N) is 1. The molecule has 21 heavy (non-hydrogen) atoms. The molecule has 1 aromatic rings. The third-order valence-corrected chi connectivity index (χ3v) is 3.13. The summed E-state index contributed by atoms with van der Waals surface area (Å²) in [5.74, 6) is 0.217. The summed E-state index contributed by atoms with van der Waals surface area (Å²) in [6.45, 7) is 3.34. The van der Waals surface area contributed by atoms with Crippen molar-refractivity contribution >= 4 is 27.8 Å². The molecule has 0 aliphatic rings. The second-order valence-electron chi connectivity index (χ2n) is 4.53. The standard InChI is InChI=1S/C14H21BrN4O2/c1-10(9-21-2)19-14(16)18-8-7-17-13(20)11-3-5-12(15)6-4-11/h3-6,10H,7-9H2,1-2H3,(H,17,20)(H3,16,18,19). The lowest BCUT2D eigenvalue weighted by atomic mass is 10.2. The van der Waals surface area contributed by atoms with Crippen LogP contribution in [0.2, 0.25) is 0 Å². The highest BCUT2D eigenvalue weighted by Crippen LogP contribution is 2.10. The van der Waals surface area contributed by atoms with E-state index in [2.05, 4.69) is 31.6 Å². The van der Waals surface area contributed by atoms with E-state index in [0.29, 0.717) is 31.2 Å². The Morgan fingerprint density at radius 3 is 2.71 bits per heavy atom. The van der Waals surface area contributed by atoms with Gasteiger partial charge in [0.2, 0.25) is 0 Å². The van der Waals surface area contributed by atoms with E-state index in [1.807, 2.05) is 19.1 Å². The summed E-state index contributed by atoms with van der Waals surface area (Å²) in [6.07, 6.45) is 0. The van der Waals surface area contributed by atoms with Crippen molar-refractivity contribution in [2.45, 2.75) is 13.0 Å². The Kier molecular flexibility index (Phi) is 7.78. The fourth-order valence-corrected chi connectivity index (χ4v) is 1.90. The number of guanidine groups is 1. The van der Waals surface area contributed by atoms with Crippen molar-refractivity contribution in [1.82, 2.24) is 10.6 Å². The van der Waals surface area contributed by atoms with Crippen molar-refractivity contribution in [2.75, 3.05) is 26.8 Å². The van der Waals surface area contributed by atoms with Gasteiger partial charge in [0.25, 0.3) is 5.91 Å². The number of nitrogens with one attached hydrogen (secondary N) is 2. The predicted molar refractivity (Wildman–Crippen MR) is 87.4 cm³/mol. The Labute approximate surface area is 133 Å². The first-order valence-corrected chi connectivity index (χ1v) is 7.41. The van der Waals surface area contributed by atoms with Gasteiger partial charge in [0, 0.05) is 29.7 Å². The van der Waals surface area contributed by atoms with Crippen molar-refractivity contribution in [2.24, 2.45) is 10.7 Å². The molecule has 116 valence electrons. The van der Waals surface area contributed by atoms with Crippen LogP contribution < -0.4 is 16.4 Å². The summed E-state index contributed by atoms with van der Waals surface area (Å²) in [4.78, 5) is 16.0. The second-order valence-corrected chi connectivity index (χ2v) is 5.45.